The fraction of sp³-hybridized carbons (Fsp3) is 0.421. The zero-order chi connectivity index (χ0) is 15.8. The summed E-state index contributed by atoms with van der Waals surface area (Å²) in [6.07, 6.45) is 4.53. The van der Waals surface area contributed by atoms with Gasteiger partial charge in [0.1, 0.15) is 17.6 Å². The van der Waals surface area contributed by atoms with Crippen molar-refractivity contribution >= 4 is 0 Å². The van der Waals surface area contributed by atoms with Gasteiger partial charge in [0, 0.05) is 42.8 Å². The number of hydrogen-bond donors (Lipinski definition) is 0. The Morgan fingerprint density at radius 3 is 2.74 bits per heavy atom. The van der Waals surface area contributed by atoms with Crippen LogP contribution in [-0.2, 0) is 0 Å². The summed E-state index contributed by atoms with van der Waals surface area (Å²) >= 11 is 0. The van der Waals surface area contributed by atoms with Gasteiger partial charge in [0.05, 0.1) is 12.8 Å². The summed E-state index contributed by atoms with van der Waals surface area (Å²) in [5.41, 5.74) is 1.91. The third kappa shape index (κ3) is 2.68. The highest BCUT2D eigenvalue weighted by Crippen LogP contribution is 2.40. The van der Waals surface area contributed by atoms with E-state index in [2.05, 4.69) is 16.9 Å². The first-order chi connectivity index (χ1) is 11.2. The van der Waals surface area contributed by atoms with E-state index in [9.17, 15) is 0 Å². The molecule has 0 spiro atoms. The van der Waals surface area contributed by atoms with Gasteiger partial charge in [0.2, 0.25) is 0 Å². The summed E-state index contributed by atoms with van der Waals surface area (Å²) in [6, 6.07) is 12.6. The maximum Gasteiger partial charge on any atom is 0.131 e. The molecule has 4 nitrogen and oxygen atoms in total. The molecular weight excluding hydrogens is 288 g/mol. The molecule has 1 aromatic heterocycles. The van der Waals surface area contributed by atoms with Crippen LogP contribution in [0.5, 0.6) is 11.5 Å². The van der Waals surface area contributed by atoms with Gasteiger partial charge in [-0.2, -0.15) is 0 Å². The number of aromatic nitrogens is 1. The summed E-state index contributed by atoms with van der Waals surface area (Å²) in [7, 11) is 3.91. The highest BCUT2D eigenvalue weighted by Gasteiger charge is 2.44. The lowest BCUT2D eigenvalue weighted by Crippen LogP contribution is -2.37. The number of methoxy groups -OCH3 is 1. The van der Waals surface area contributed by atoms with Crippen LogP contribution in [0, 0.1) is 5.92 Å². The Labute approximate surface area is 137 Å². The zero-order valence-corrected chi connectivity index (χ0v) is 13.6. The third-order valence-corrected chi connectivity index (χ3v) is 5.15. The summed E-state index contributed by atoms with van der Waals surface area (Å²) in [4.78, 5) is 6.86. The van der Waals surface area contributed by atoms with Crippen LogP contribution in [-0.4, -0.2) is 42.7 Å². The Morgan fingerprint density at radius 1 is 1.17 bits per heavy atom. The van der Waals surface area contributed by atoms with Crippen LogP contribution >= 0.6 is 0 Å². The van der Waals surface area contributed by atoms with Gasteiger partial charge in [0.25, 0.3) is 0 Å². The molecule has 0 N–H and O–H groups in total. The molecule has 4 rings (SSSR count). The SMILES string of the molecule is COc1cc(OC2CC3CC2CN3C)ccc1-c1ccccn1. The van der Waals surface area contributed by atoms with E-state index < -0.39 is 0 Å². The minimum absolute atomic E-state index is 0.335. The lowest BCUT2D eigenvalue weighted by Gasteiger charge is -2.29. The van der Waals surface area contributed by atoms with Crippen LogP contribution in [0.25, 0.3) is 11.3 Å². The van der Waals surface area contributed by atoms with Crippen molar-refractivity contribution < 1.29 is 9.47 Å². The van der Waals surface area contributed by atoms with Crippen LogP contribution in [0.3, 0.4) is 0 Å². The number of fused-ring (bicyclic) bond motifs is 2. The van der Waals surface area contributed by atoms with Crippen molar-refractivity contribution in [2.45, 2.75) is 25.0 Å². The number of rotatable bonds is 4. The van der Waals surface area contributed by atoms with Crippen molar-refractivity contribution in [3.05, 3.63) is 42.6 Å². The fourth-order valence-corrected chi connectivity index (χ4v) is 3.93. The van der Waals surface area contributed by atoms with Crippen molar-refractivity contribution in [2.75, 3.05) is 20.7 Å². The van der Waals surface area contributed by atoms with Gasteiger partial charge in [0.15, 0.2) is 0 Å². The molecule has 2 aromatic rings. The second kappa shape index (κ2) is 5.85. The van der Waals surface area contributed by atoms with E-state index in [1.165, 1.54) is 6.42 Å². The normalized spacial score (nSPS) is 26.4. The quantitative estimate of drug-likeness (QED) is 0.868. The first-order valence-corrected chi connectivity index (χ1v) is 8.21. The molecule has 2 heterocycles. The van der Waals surface area contributed by atoms with Crippen molar-refractivity contribution in [1.29, 1.82) is 0 Å². The number of piperidine rings is 1. The lowest BCUT2D eigenvalue weighted by molar-refractivity contribution is 0.105. The van der Waals surface area contributed by atoms with Crippen LogP contribution in [0.1, 0.15) is 12.8 Å². The molecule has 23 heavy (non-hydrogen) atoms. The molecule has 1 aromatic carbocycles. The maximum absolute atomic E-state index is 6.26. The second-order valence-corrected chi connectivity index (χ2v) is 6.56. The van der Waals surface area contributed by atoms with E-state index in [0.717, 1.165) is 35.7 Å². The van der Waals surface area contributed by atoms with Gasteiger partial charge in [-0.05, 0) is 37.7 Å². The molecule has 2 bridgehead atoms. The van der Waals surface area contributed by atoms with Gasteiger partial charge in [-0.15, -0.1) is 0 Å². The number of hydrogen-bond acceptors (Lipinski definition) is 4. The number of ether oxygens (including phenoxy) is 2. The predicted molar refractivity (Wildman–Crippen MR) is 89.8 cm³/mol. The molecular formula is C19H22N2O2. The molecule has 1 saturated heterocycles. The third-order valence-electron chi connectivity index (χ3n) is 5.15. The van der Waals surface area contributed by atoms with Gasteiger partial charge < -0.3 is 14.4 Å². The lowest BCUT2D eigenvalue weighted by atomic mass is 10.1. The molecule has 1 aliphatic carbocycles. The van der Waals surface area contributed by atoms with E-state index >= 15 is 0 Å². The molecule has 3 atom stereocenters. The van der Waals surface area contributed by atoms with E-state index in [4.69, 9.17) is 9.47 Å². The standard InChI is InChI=1S/C19H22N2O2/c1-21-12-13-9-14(21)10-18(13)23-15-6-7-16(19(11-15)22-2)17-5-3-4-8-20-17/h3-8,11,13-14,18H,9-10,12H2,1-2H3. The van der Waals surface area contributed by atoms with Gasteiger partial charge >= 0.3 is 0 Å². The van der Waals surface area contributed by atoms with Crippen LogP contribution < -0.4 is 9.47 Å². The maximum atomic E-state index is 6.26. The van der Waals surface area contributed by atoms with Crippen LogP contribution in [0.2, 0.25) is 0 Å². The van der Waals surface area contributed by atoms with E-state index in [1.807, 2.05) is 36.4 Å². The summed E-state index contributed by atoms with van der Waals surface area (Å²) in [5.74, 6) is 2.36. The van der Waals surface area contributed by atoms with Gasteiger partial charge in [-0.1, -0.05) is 6.07 Å². The Kier molecular flexibility index (Phi) is 3.69. The minimum Gasteiger partial charge on any atom is -0.496 e. The van der Waals surface area contributed by atoms with Crippen molar-refractivity contribution in [3.63, 3.8) is 0 Å². The fourth-order valence-electron chi connectivity index (χ4n) is 3.93. The van der Waals surface area contributed by atoms with E-state index in [0.29, 0.717) is 18.1 Å². The van der Waals surface area contributed by atoms with Gasteiger partial charge in [-0.3, -0.25) is 4.98 Å². The number of likely N-dealkylation sites (tertiary alicyclic amines) is 1. The van der Waals surface area contributed by atoms with E-state index in [-0.39, 0.29) is 0 Å². The average Bonchev–Trinajstić information content (AvgIpc) is 3.14. The molecule has 2 fully saturated rings. The highest BCUT2D eigenvalue weighted by atomic mass is 16.5. The largest absolute Gasteiger partial charge is 0.496 e. The van der Waals surface area contributed by atoms with Crippen molar-refractivity contribution in [2.24, 2.45) is 5.92 Å². The molecule has 1 aliphatic heterocycles. The Hall–Kier alpha value is -2.07. The molecule has 2 aliphatic rings. The van der Waals surface area contributed by atoms with Crippen molar-refractivity contribution in [3.8, 4) is 22.8 Å². The Bertz CT molecular complexity index is 687. The average molecular weight is 310 g/mol. The van der Waals surface area contributed by atoms with E-state index in [1.54, 1.807) is 13.3 Å². The van der Waals surface area contributed by atoms with Gasteiger partial charge in [-0.25, -0.2) is 0 Å². The summed E-state index contributed by atoms with van der Waals surface area (Å²) in [5, 5.41) is 0. The number of benzene rings is 1. The number of nitrogens with zero attached hydrogens (tertiary/aromatic N) is 2. The highest BCUT2D eigenvalue weighted by molar-refractivity contribution is 5.68. The predicted octanol–water partition coefficient (Wildman–Crippen LogP) is 3.23. The molecule has 3 unspecified atom stereocenters. The smallest absolute Gasteiger partial charge is 0.131 e. The van der Waals surface area contributed by atoms with Crippen molar-refractivity contribution in [1.82, 2.24) is 9.88 Å². The Morgan fingerprint density at radius 2 is 2.09 bits per heavy atom. The molecule has 4 heteroatoms. The summed E-state index contributed by atoms with van der Waals surface area (Å²) < 4.78 is 11.8. The van der Waals surface area contributed by atoms with Crippen LogP contribution in [0.4, 0.5) is 0 Å². The monoisotopic (exact) mass is 310 g/mol. The molecule has 120 valence electrons. The number of pyridine rings is 1. The molecule has 1 saturated carbocycles. The molecule has 0 radical (unpaired) electrons. The van der Waals surface area contributed by atoms with Crippen LogP contribution in [0.15, 0.2) is 42.6 Å². The summed E-state index contributed by atoms with van der Waals surface area (Å²) in [6.45, 7) is 1.15. The Balaban J connectivity index is 1.55. The first-order valence-electron chi connectivity index (χ1n) is 8.21. The molecule has 0 amide bonds. The zero-order valence-electron chi connectivity index (χ0n) is 13.6. The topological polar surface area (TPSA) is 34.6 Å². The minimum atomic E-state index is 0.335. The first kappa shape index (κ1) is 14.5. The second-order valence-electron chi connectivity index (χ2n) is 6.56.